The number of methoxy groups -OCH3 is 1. The lowest BCUT2D eigenvalue weighted by Gasteiger charge is -2.32. The molecule has 7 nitrogen and oxygen atoms in total. The van der Waals surface area contributed by atoms with Crippen LogP contribution in [-0.4, -0.2) is 47.2 Å². The van der Waals surface area contributed by atoms with Crippen LogP contribution in [0.1, 0.15) is 18.4 Å². The van der Waals surface area contributed by atoms with Gasteiger partial charge >= 0.3 is 0 Å². The molecule has 2 N–H and O–H groups in total. The summed E-state index contributed by atoms with van der Waals surface area (Å²) >= 11 is 0. The van der Waals surface area contributed by atoms with E-state index in [4.69, 9.17) is 9.72 Å². The second-order valence-electron chi connectivity index (χ2n) is 8.49. The number of H-pyrrole nitrogens is 1. The maximum atomic E-state index is 12.8. The third-order valence-electron chi connectivity index (χ3n) is 6.58. The summed E-state index contributed by atoms with van der Waals surface area (Å²) in [5.74, 6) is 2.05. The maximum Gasteiger partial charge on any atom is 0.223 e. The molecule has 0 unspecified atom stereocenters. The van der Waals surface area contributed by atoms with Gasteiger partial charge in [-0.05, 0) is 55.2 Å². The Labute approximate surface area is 187 Å². The molecule has 0 radical (unpaired) electrons. The molecule has 4 aromatic rings. The van der Waals surface area contributed by atoms with Crippen molar-refractivity contribution in [2.24, 2.45) is 13.0 Å². The molecule has 0 atom stereocenters. The Morgan fingerprint density at radius 1 is 1.22 bits per heavy atom. The van der Waals surface area contributed by atoms with Crippen LogP contribution in [0.25, 0.3) is 21.9 Å². The molecule has 5 rings (SSSR count). The summed E-state index contributed by atoms with van der Waals surface area (Å²) in [4.78, 5) is 23.1. The number of nitrogens with one attached hydrogen (secondary N) is 2. The predicted octanol–water partition coefficient (Wildman–Crippen LogP) is 3.64. The van der Waals surface area contributed by atoms with E-state index in [1.165, 1.54) is 5.56 Å². The predicted molar refractivity (Wildman–Crippen MR) is 127 cm³/mol. The Balaban J connectivity index is 1.15. The van der Waals surface area contributed by atoms with Crippen LogP contribution in [0.4, 0.5) is 5.95 Å². The first-order chi connectivity index (χ1) is 15.6. The number of fused-ring (bicyclic) bond motifs is 2. The second-order valence-corrected chi connectivity index (χ2v) is 8.49. The van der Waals surface area contributed by atoms with E-state index in [2.05, 4.69) is 32.9 Å². The van der Waals surface area contributed by atoms with E-state index >= 15 is 0 Å². The van der Waals surface area contributed by atoms with Gasteiger partial charge in [0.25, 0.3) is 0 Å². The summed E-state index contributed by atoms with van der Waals surface area (Å²) in [5.41, 5.74) is 4.43. The van der Waals surface area contributed by atoms with Gasteiger partial charge in [-0.1, -0.05) is 12.1 Å². The summed E-state index contributed by atoms with van der Waals surface area (Å²) in [5, 5.41) is 4.30. The monoisotopic (exact) mass is 431 g/mol. The quantitative estimate of drug-likeness (QED) is 0.489. The molecule has 1 aliphatic heterocycles. The highest BCUT2D eigenvalue weighted by Gasteiger charge is 2.27. The molecule has 166 valence electrons. The fourth-order valence-electron chi connectivity index (χ4n) is 4.71. The van der Waals surface area contributed by atoms with Gasteiger partial charge in [0, 0.05) is 49.7 Å². The molecule has 7 heteroatoms. The van der Waals surface area contributed by atoms with E-state index in [0.717, 1.165) is 66.0 Å². The van der Waals surface area contributed by atoms with Gasteiger partial charge in [0.1, 0.15) is 5.75 Å². The summed E-state index contributed by atoms with van der Waals surface area (Å²) < 4.78 is 7.48. The number of piperidine rings is 1. The number of carbonyl (C=O) groups is 1. The lowest BCUT2D eigenvalue weighted by Crippen LogP contribution is -2.41. The number of aryl methyl sites for hydroxylation is 1. The SMILES string of the molecule is COc1ccc2[nH]cc(CCNC(=O)C3CCN(c4nc5ccccc5n4C)CC3)c2c1. The normalized spacial score (nSPS) is 14.9. The number of imidazole rings is 1. The van der Waals surface area contributed by atoms with Crippen molar-refractivity contribution in [3.05, 3.63) is 54.2 Å². The van der Waals surface area contributed by atoms with Crippen LogP contribution < -0.4 is 15.0 Å². The smallest absolute Gasteiger partial charge is 0.223 e. The molecule has 2 aromatic heterocycles. The second kappa shape index (κ2) is 8.57. The zero-order valence-electron chi connectivity index (χ0n) is 18.6. The third-order valence-corrected chi connectivity index (χ3v) is 6.58. The van der Waals surface area contributed by atoms with Gasteiger partial charge in [-0.25, -0.2) is 4.98 Å². The van der Waals surface area contributed by atoms with E-state index in [9.17, 15) is 4.79 Å². The number of nitrogens with zero attached hydrogens (tertiary/aromatic N) is 3. The van der Waals surface area contributed by atoms with Crippen LogP contribution in [-0.2, 0) is 18.3 Å². The summed E-state index contributed by atoms with van der Waals surface area (Å²) in [6.45, 7) is 2.32. The molecular formula is C25H29N5O2. The van der Waals surface area contributed by atoms with Crippen LogP contribution in [0.3, 0.4) is 0 Å². The first kappa shape index (κ1) is 20.4. The minimum Gasteiger partial charge on any atom is -0.497 e. The highest BCUT2D eigenvalue weighted by atomic mass is 16.5. The van der Waals surface area contributed by atoms with Crippen molar-refractivity contribution in [3.8, 4) is 5.75 Å². The Hall–Kier alpha value is -3.48. The molecule has 0 saturated carbocycles. The van der Waals surface area contributed by atoms with Crippen LogP contribution >= 0.6 is 0 Å². The van der Waals surface area contributed by atoms with Gasteiger partial charge in [0.05, 0.1) is 18.1 Å². The average Bonchev–Trinajstić information content (AvgIpc) is 3.39. The van der Waals surface area contributed by atoms with E-state index in [-0.39, 0.29) is 11.8 Å². The van der Waals surface area contributed by atoms with Crippen molar-refractivity contribution in [1.29, 1.82) is 0 Å². The molecule has 0 spiro atoms. The van der Waals surface area contributed by atoms with Crippen LogP contribution in [0, 0.1) is 5.92 Å². The number of carbonyl (C=O) groups excluding carboxylic acids is 1. The van der Waals surface area contributed by atoms with E-state index in [1.54, 1.807) is 7.11 Å². The van der Waals surface area contributed by atoms with Gasteiger partial charge in [0.2, 0.25) is 11.9 Å². The van der Waals surface area contributed by atoms with Crippen molar-refractivity contribution in [2.45, 2.75) is 19.3 Å². The first-order valence-corrected chi connectivity index (χ1v) is 11.2. The topological polar surface area (TPSA) is 75.2 Å². The fourth-order valence-corrected chi connectivity index (χ4v) is 4.71. The van der Waals surface area contributed by atoms with E-state index < -0.39 is 0 Å². The maximum absolute atomic E-state index is 12.8. The number of aromatic amines is 1. The number of aromatic nitrogens is 3. The molecule has 1 aliphatic rings. The molecule has 2 aromatic carbocycles. The largest absolute Gasteiger partial charge is 0.497 e. The Morgan fingerprint density at radius 2 is 2.03 bits per heavy atom. The average molecular weight is 432 g/mol. The number of anilines is 1. The number of rotatable bonds is 6. The van der Waals surface area contributed by atoms with Crippen LogP contribution in [0.2, 0.25) is 0 Å². The van der Waals surface area contributed by atoms with Crippen LogP contribution in [0.15, 0.2) is 48.7 Å². The van der Waals surface area contributed by atoms with Gasteiger partial charge < -0.3 is 24.5 Å². The standard InChI is InChI=1S/C25H29N5O2/c1-29-23-6-4-3-5-22(23)28-25(29)30-13-10-17(11-14-30)24(31)26-12-9-18-16-27-21-8-7-19(32-2)15-20(18)21/h3-8,15-17,27H,9-14H2,1-2H3,(H,26,31). The van der Waals surface area contributed by atoms with Crippen molar-refractivity contribution < 1.29 is 9.53 Å². The third kappa shape index (κ3) is 3.79. The molecule has 1 amide bonds. The van der Waals surface area contributed by atoms with Gasteiger partial charge in [-0.2, -0.15) is 0 Å². The molecule has 3 heterocycles. The molecular weight excluding hydrogens is 402 g/mol. The minimum atomic E-state index is 0.0593. The van der Waals surface area contributed by atoms with Crippen molar-refractivity contribution in [3.63, 3.8) is 0 Å². The van der Waals surface area contributed by atoms with Crippen molar-refractivity contribution in [1.82, 2.24) is 19.9 Å². The number of benzene rings is 2. The van der Waals surface area contributed by atoms with Gasteiger partial charge in [-0.15, -0.1) is 0 Å². The number of hydrogen-bond donors (Lipinski definition) is 2. The van der Waals surface area contributed by atoms with Gasteiger partial charge in [0.15, 0.2) is 0 Å². The molecule has 0 bridgehead atoms. The minimum absolute atomic E-state index is 0.0593. The lowest BCUT2D eigenvalue weighted by molar-refractivity contribution is -0.125. The zero-order chi connectivity index (χ0) is 22.1. The Kier molecular flexibility index (Phi) is 5.47. The number of para-hydroxylation sites is 2. The van der Waals surface area contributed by atoms with Crippen LogP contribution in [0.5, 0.6) is 5.75 Å². The van der Waals surface area contributed by atoms with Crippen molar-refractivity contribution in [2.75, 3.05) is 31.6 Å². The summed E-state index contributed by atoms with van der Waals surface area (Å²) in [6.07, 6.45) is 4.50. The fraction of sp³-hybridized carbons (Fsp3) is 0.360. The number of amides is 1. The van der Waals surface area contributed by atoms with E-state index in [0.29, 0.717) is 6.54 Å². The van der Waals surface area contributed by atoms with E-state index in [1.807, 2.05) is 42.6 Å². The summed E-state index contributed by atoms with van der Waals surface area (Å²) in [6, 6.07) is 14.2. The highest BCUT2D eigenvalue weighted by molar-refractivity contribution is 5.85. The lowest BCUT2D eigenvalue weighted by atomic mass is 9.96. The highest BCUT2D eigenvalue weighted by Crippen LogP contribution is 2.26. The molecule has 1 saturated heterocycles. The molecule has 1 fully saturated rings. The molecule has 0 aliphatic carbocycles. The number of ether oxygens (including phenoxy) is 1. The Bertz CT molecular complexity index is 1250. The van der Waals surface area contributed by atoms with Gasteiger partial charge in [-0.3, -0.25) is 4.79 Å². The summed E-state index contributed by atoms with van der Waals surface area (Å²) in [7, 11) is 3.74. The number of hydrogen-bond acceptors (Lipinski definition) is 4. The zero-order valence-corrected chi connectivity index (χ0v) is 18.6. The Morgan fingerprint density at radius 3 is 2.81 bits per heavy atom. The molecule has 32 heavy (non-hydrogen) atoms. The van der Waals surface area contributed by atoms with Crippen molar-refractivity contribution >= 4 is 33.8 Å². The first-order valence-electron chi connectivity index (χ1n) is 11.2.